The van der Waals surface area contributed by atoms with Gasteiger partial charge in [-0.2, -0.15) is 5.26 Å². The smallest absolute Gasteiger partial charge is 0.252 e. The Kier molecular flexibility index (Phi) is 5.40. The van der Waals surface area contributed by atoms with E-state index in [1.165, 1.54) is 12.0 Å². The predicted octanol–water partition coefficient (Wildman–Crippen LogP) is 3.12. The Bertz CT molecular complexity index is 1160. The molecular formula is C24H22N6O2. The van der Waals surface area contributed by atoms with Gasteiger partial charge in [-0.25, -0.2) is 9.97 Å². The Hall–Kier alpha value is -3.96. The van der Waals surface area contributed by atoms with Crippen LogP contribution < -0.4 is 15.5 Å². The molecule has 3 aromatic rings. The number of morpholine rings is 1. The second kappa shape index (κ2) is 8.65. The number of fused-ring (bicyclic) bond motifs is 2. The molecule has 8 heteroatoms. The first kappa shape index (κ1) is 20.0. The third kappa shape index (κ3) is 4.11. The average Bonchev–Trinajstić information content (AvgIpc) is 3.47. The minimum Gasteiger partial charge on any atom is -0.374 e. The van der Waals surface area contributed by atoms with Crippen LogP contribution in [0.1, 0.15) is 16.8 Å². The van der Waals surface area contributed by atoms with Crippen LogP contribution in [0.5, 0.6) is 0 Å². The van der Waals surface area contributed by atoms with Gasteiger partial charge < -0.3 is 20.3 Å². The number of rotatable bonds is 6. The molecule has 2 aliphatic heterocycles. The number of benzene rings is 2. The third-order valence-electron chi connectivity index (χ3n) is 5.81. The number of ether oxygens (including phenoxy) is 1. The normalized spacial score (nSPS) is 18.9. The van der Waals surface area contributed by atoms with Gasteiger partial charge in [0.15, 0.2) is 0 Å². The van der Waals surface area contributed by atoms with Crippen molar-refractivity contribution >= 4 is 23.1 Å². The van der Waals surface area contributed by atoms with E-state index in [1.54, 1.807) is 12.1 Å². The van der Waals surface area contributed by atoms with E-state index in [9.17, 15) is 4.79 Å². The molecule has 2 atom stereocenters. The van der Waals surface area contributed by atoms with E-state index in [2.05, 4.69) is 49.8 Å². The van der Waals surface area contributed by atoms with Crippen LogP contribution in [0.3, 0.4) is 0 Å². The van der Waals surface area contributed by atoms with E-state index >= 15 is 0 Å². The molecule has 160 valence electrons. The van der Waals surface area contributed by atoms with Crippen LogP contribution in [-0.2, 0) is 4.74 Å². The minimum absolute atomic E-state index is 0.0178. The first-order valence-corrected chi connectivity index (χ1v) is 10.5. The van der Waals surface area contributed by atoms with Gasteiger partial charge in [-0.05, 0) is 42.8 Å². The summed E-state index contributed by atoms with van der Waals surface area (Å²) in [4.78, 5) is 23.0. The van der Waals surface area contributed by atoms with Gasteiger partial charge in [-0.1, -0.05) is 12.1 Å². The van der Waals surface area contributed by atoms with E-state index in [-0.39, 0.29) is 12.5 Å². The quantitative estimate of drug-likeness (QED) is 0.584. The zero-order chi connectivity index (χ0) is 21.9. The molecule has 2 saturated heterocycles. The summed E-state index contributed by atoms with van der Waals surface area (Å²) in [7, 11) is 0. The molecule has 5 rings (SSSR count). The highest BCUT2D eigenvalue weighted by molar-refractivity contribution is 5.94. The number of anilines is 3. The van der Waals surface area contributed by atoms with Crippen LogP contribution in [0.4, 0.5) is 17.2 Å². The molecule has 0 unspecified atom stereocenters. The lowest BCUT2D eigenvalue weighted by molar-refractivity contribution is 0.0958. The molecule has 0 radical (unpaired) electrons. The summed E-state index contributed by atoms with van der Waals surface area (Å²) in [6.07, 6.45) is 3.01. The molecular weight excluding hydrogens is 404 g/mol. The molecule has 1 amide bonds. The summed E-state index contributed by atoms with van der Waals surface area (Å²) < 4.78 is 5.69. The SMILES string of the molecule is N#CCNC(=O)c1ccc(-c2cc(Nc3ccc(N4C[C@H]5C[C@@H]4CO5)cc3)ncn2)cc1. The number of carbonyl (C=O) groups excluding carboxylic acids is 1. The van der Waals surface area contributed by atoms with Crippen LogP contribution in [0.15, 0.2) is 60.9 Å². The fourth-order valence-electron chi connectivity index (χ4n) is 4.20. The van der Waals surface area contributed by atoms with Crippen LogP contribution in [0, 0.1) is 11.3 Å². The van der Waals surface area contributed by atoms with Crippen molar-refractivity contribution in [1.82, 2.24) is 15.3 Å². The van der Waals surface area contributed by atoms with Gasteiger partial charge in [0.05, 0.1) is 30.5 Å². The van der Waals surface area contributed by atoms with E-state index in [1.807, 2.05) is 24.3 Å². The maximum atomic E-state index is 11.9. The van der Waals surface area contributed by atoms with E-state index in [0.717, 1.165) is 36.5 Å². The summed E-state index contributed by atoms with van der Waals surface area (Å²) in [5.41, 5.74) is 4.27. The topological polar surface area (TPSA) is 103 Å². The number of carbonyl (C=O) groups is 1. The lowest BCUT2D eigenvalue weighted by Crippen LogP contribution is -2.36. The number of amides is 1. The van der Waals surface area contributed by atoms with Gasteiger partial charge in [0, 0.05) is 35.1 Å². The monoisotopic (exact) mass is 426 g/mol. The number of aromatic nitrogens is 2. The van der Waals surface area contributed by atoms with Gasteiger partial charge in [-0.15, -0.1) is 0 Å². The van der Waals surface area contributed by atoms with Crippen molar-refractivity contribution in [2.24, 2.45) is 0 Å². The van der Waals surface area contributed by atoms with E-state index < -0.39 is 0 Å². The number of nitrogens with zero attached hydrogens (tertiary/aromatic N) is 4. The van der Waals surface area contributed by atoms with Gasteiger partial charge in [0.1, 0.15) is 18.7 Å². The molecule has 2 aromatic carbocycles. The minimum atomic E-state index is -0.277. The highest BCUT2D eigenvalue weighted by Gasteiger charge is 2.38. The van der Waals surface area contributed by atoms with Crippen LogP contribution in [0.25, 0.3) is 11.3 Å². The van der Waals surface area contributed by atoms with Gasteiger partial charge in [0.25, 0.3) is 5.91 Å². The summed E-state index contributed by atoms with van der Waals surface area (Å²) in [6.45, 7) is 1.77. The first-order chi connectivity index (χ1) is 15.7. The van der Waals surface area contributed by atoms with Crippen molar-refractivity contribution in [1.29, 1.82) is 5.26 Å². The number of hydrogen-bond donors (Lipinski definition) is 2. The Morgan fingerprint density at radius 1 is 1.16 bits per heavy atom. The largest absolute Gasteiger partial charge is 0.374 e. The van der Waals surface area contributed by atoms with Crippen LogP contribution in [0.2, 0.25) is 0 Å². The predicted molar refractivity (Wildman–Crippen MR) is 121 cm³/mol. The average molecular weight is 426 g/mol. The van der Waals surface area contributed by atoms with Crippen molar-refractivity contribution in [2.75, 3.05) is 29.9 Å². The number of nitrogens with one attached hydrogen (secondary N) is 2. The number of hydrogen-bond acceptors (Lipinski definition) is 7. The third-order valence-corrected chi connectivity index (χ3v) is 5.81. The molecule has 1 aromatic heterocycles. The molecule has 8 nitrogen and oxygen atoms in total. The standard InChI is InChI=1S/C24H22N6O2/c25-9-10-26-24(31)17-3-1-16(2-4-17)22-12-23(28-15-27-22)29-18-5-7-19(8-6-18)30-13-21-11-20(30)14-32-21/h1-8,12,15,20-21H,10-11,13-14H2,(H,26,31)(H,27,28,29)/t20-,21-/m1/s1. The first-order valence-electron chi connectivity index (χ1n) is 10.5. The molecule has 2 aliphatic rings. The molecule has 0 spiro atoms. The molecule has 2 N–H and O–H groups in total. The fraction of sp³-hybridized carbons (Fsp3) is 0.250. The van der Waals surface area contributed by atoms with Gasteiger partial charge in [0.2, 0.25) is 0 Å². The highest BCUT2D eigenvalue weighted by Crippen LogP contribution is 2.33. The molecule has 0 saturated carbocycles. The lowest BCUT2D eigenvalue weighted by Gasteiger charge is -2.29. The second-order valence-electron chi connectivity index (χ2n) is 7.88. The van der Waals surface area contributed by atoms with Gasteiger partial charge in [-0.3, -0.25) is 4.79 Å². The maximum Gasteiger partial charge on any atom is 0.252 e. The van der Waals surface area contributed by atoms with Crippen molar-refractivity contribution in [3.8, 4) is 17.3 Å². The van der Waals surface area contributed by atoms with Crippen molar-refractivity contribution in [3.05, 3.63) is 66.5 Å². The molecule has 2 fully saturated rings. The highest BCUT2D eigenvalue weighted by atomic mass is 16.5. The Balaban J connectivity index is 1.26. The summed E-state index contributed by atoms with van der Waals surface area (Å²) in [5.74, 6) is 0.410. The Morgan fingerprint density at radius 3 is 2.66 bits per heavy atom. The number of nitriles is 1. The fourth-order valence-corrected chi connectivity index (χ4v) is 4.20. The zero-order valence-electron chi connectivity index (χ0n) is 17.4. The van der Waals surface area contributed by atoms with Crippen molar-refractivity contribution in [2.45, 2.75) is 18.6 Å². The Labute approximate surface area is 185 Å². The second-order valence-corrected chi connectivity index (χ2v) is 7.88. The molecule has 32 heavy (non-hydrogen) atoms. The zero-order valence-corrected chi connectivity index (χ0v) is 17.4. The summed E-state index contributed by atoms with van der Waals surface area (Å²) in [6, 6.07) is 19.7. The summed E-state index contributed by atoms with van der Waals surface area (Å²) in [5, 5.41) is 14.4. The van der Waals surface area contributed by atoms with Crippen LogP contribution >= 0.6 is 0 Å². The molecule has 0 aliphatic carbocycles. The van der Waals surface area contributed by atoms with E-state index in [4.69, 9.17) is 10.00 Å². The molecule has 2 bridgehead atoms. The van der Waals surface area contributed by atoms with Gasteiger partial charge >= 0.3 is 0 Å². The Morgan fingerprint density at radius 2 is 1.97 bits per heavy atom. The van der Waals surface area contributed by atoms with E-state index in [0.29, 0.717) is 23.5 Å². The lowest BCUT2D eigenvalue weighted by atomic mass is 10.1. The van der Waals surface area contributed by atoms with Crippen LogP contribution in [-0.4, -0.2) is 47.7 Å². The molecule has 3 heterocycles. The van der Waals surface area contributed by atoms with Crippen molar-refractivity contribution < 1.29 is 9.53 Å². The van der Waals surface area contributed by atoms with Crippen molar-refractivity contribution in [3.63, 3.8) is 0 Å². The summed E-state index contributed by atoms with van der Waals surface area (Å²) >= 11 is 0. The maximum absolute atomic E-state index is 11.9.